The second-order valence-electron chi connectivity index (χ2n) is 4.69. The van der Waals surface area contributed by atoms with Crippen molar-refractivity contribution in [2.45, 2.75) is 46.1 Å². The summed E-state index contributed by atoms with van der Waals surface area (Å²) in [6.07, 6.45) is 7.08. The van der Waals surface area contributed by atoms with E-state index < -0.39 is 0 Å². The molecular formula is C11H20O. The maximum atomic E-state index is 5.35. The van der Waals surface area contributed by atoms with Crippen LogP contribution < -0.4 is 0 Å². The van der Waals surface area contributed by atoms with Crippen LogP contribution in [0, 0.1) is 17.8 Å². The highest BCUT2D eigenvalue weighted by molar-refractivity contribution is 4.93. The fraction of sp³-hybridized carbons (Fsp3) is 0.818. The van der Waals surface area contributed by atoms with Gasteiger partial charge < -0.3 is 4.74 Å². The van der Waals surface area contributed by atoms with Crippen LogP contribution in [0.5, 0.6) is 0 Å². The van der Waals surface area contributed by atoms with Crippen molar-refractivity contribution < 1.29 is 4.74 Å². The Morgan fingerprint density at radius 1 is 1.25 bits per heavy atom. The van der Waals surface area contributed by atoms with Crippen LogP contribution in [0.15, 0.2) is 0 Å². The molecule has 0 aromatic carbocycles. The summed E-state index contributed by atoms with van der Waals surface area (Å²) in [4.78, 5) is 0. The molecule has 0 saturated carbocycles. The zero-order valence-electron chi connectivity index (χ0n) is 8.90. The van der Waals surface area contributed by atoms with Crippen molar-refractivity contribution in [1.29, 1.82) is 0 Å². The second kappa shape index (κ2) is 3.96. The van der Waals surface area contributed by atoms with Crippen molar-refractivity contribution >= 4 is 0 Å². The van der Waals surface area contributed by atoms with E-state index in [0.29, 0.717) is 0 Å². The van der Waals surface area contributed by atoms with E-state index in [1.54, 1.807) is 7.11 Å². The first kappa shape index (κ1) is 11.5. The maximum absolute atomic E-state index is 5.35. The maximum Gasteiger partial charge on any atom is 0.0628 e. The van der Waals surface area contributed by atoms with Crippen LogP contribution in [0.3, 0.4) is 0 Å². The van der Waals surface area contributed by atoms with Gasteiger partial charge in [-0.3, -0.25) is 0 Å². The second-order valence-corrected chi connectivity index (χ2v) is 4.69. The van der Waals surface area contributed by atoms with Crippen LogP contribution in [0.1, 0.15) is 40.5 Å². The Morgan fingerprint density at radius 3 is 2.08 bits per heavy atom. The van der Waals surface area contributed by atoms with Crippen LogP contribution in [0.25, 0.3) is 0 Å². The standard InChI is InChI=1S/C11H20O/c1-7-8-10(2,3)9-11(4,5)12-6/h1H,8-9H2,2-6H3. The van der Waals surface area contributed by atoms with Gasteiger partial charge in [0.25, 0.3) is 0 Å². The molecule has 0 N–H and O–H groups in total. The first-order valence-corrected chi connectivity index (χ1v) is 4.32. The fourth-order valence-corrected chi connectivity index (χ4v) is 1.56. The lowest BCUT2D eigenvalue weighted by Crippen LogP contribution is -2.30. The van der Waals surface area contributed by atoms with Crippen molar-refractivity contribution in [3.63, 3.8) is 0 Å². The van der Waals surface area contributed by atoms with Crippen LogP contribution in [0.2, 0.25) is 0 Å². The van der Waals surface area contributed by atoms with Crippen molar-refractivity contribution in [2.24, 2.45) is 5.41 Å². The third kappa shape index (κ3) is 4.41. The van der Waals surface area contributed by atoms with Gasteiger partial charge in [0.1, 0.15) is 0 Å². The molecule has 0 atom stereocenters. The molecule has 0 fully saturated rings. The number of methoxy groups -OCH3 is 1. The van der Waals surface area contributed by atoms with Crippen LogP contribution in [0.4, 0.5) is 0 Å². The Kier molecular flexibility index (Phi) is 3.80. The lowest BCUT2D eigenvalue weighted by Gasteiger charge is -2.32. The number of hydrogen-bond acceptors (Lipinski definition) is 1. The summed E-state index contributed by atoms with van der Waals surface area (Å²) >= 11 is 0. The highest BCUT2D eigenvalue weighted by atomic mass is 16.5. The molecule has 0 aromatic rings. The van der Waals surface area contributed by atoms with Crippen LogP contribution >= 0.6 is 0 Å². The summed E-state index contributed by atoms with van der Waals surface area (Å²) in [6, 6.07) is 0. The average molecular weight is 168 g/mol. The van der Waals surface area contributed by atoms with E-state index in [4.69, 9.17) is 11.2 Å². The molecule has 0 aliphatic heterocycles. The number of ether oxygens (including phenoxy) is 1. The molecule has 0 aliphatic rings. The molecule has 0 heterocycles. The van der Waals surface area contributed by atoms with Crippen molar-refractivity contribution in [3.05, 3.63) is 0 Å². The van der Waals surface area contributed by atoms with E-state index in [9.17, 15) is 0 Å². The molecule has 0 saturated heterocycles. The quantitative estimate of drug-likeness (QED) is 0.586. The molecule has 70 valence electrons. The van der Waals surface area contributed by atoms with Crippen LogP contribution in [-0.2, 0) is 4.74 Å². The molecule has 0 spiro atoms. The molecule has 0 unspecified atom stereocenters. The Labute approximate surface area is 76.5 Å². The van der Waals surface area contributed by atoms with E-state index in [0.717, 1.165) is 12.8 Å². The summed E-state index contributed by atoms with van der Waals surface area (Å²) in [5, 5.41) is 0. The summed E-state index contributed by atoms with van der Waals surface area (Å²) < 4.78 is 5.35. The van der Waals surface area contributed by atoms with Gasteiger partial charge in [-0.1, -0.05) is 13.8 Å². The van der Waals surface area contributed by atoms with E-state index in [-0.39, 0.29) is 11.0 Å². The molecule has 0 radical (unpaired) electrons. The van der Waals surface area contributed by atoms with Gasteiger partial charge in [0.15, 0.2) is 0 Å². The van der Waals surface area contributed by atoms with Crippen molar-refractivity contribution in [1.82, 2.24) is 0 Å². The molecule has 12 heavy (non-hydrogen) atoms. The monoisotopic (exact) mass is 168 g/mol. The molecule has 0 aromatic heterocycles. The largest absolute Gasteiger partial charge is 0.379 e. The number of rotatable bonds is 4. The highest BCUT2D eigenvalue weighted by Crippen LogP contribution is 2.32. The Hall–Kier alpha value is -0.480. The molecule has 1 nitrogen and oxygen atoms in total. The van der Waals surface area contributed by atoms with Gasteiger partial charge in [-0.15, -0.1) is 12.3 Å². The van der Waals surface area contributed by atoms with E-state index in [1.807, 2.05) is 0 Å². The van der Waals surface area contributed by atoms with Gasteiger partial charge in [0.05, 0.1) is 5.60 Å². The Morgan fingerprint density at radius 2 is 1.75 bits per heavy atom. The van der Waals surface area contributed by atoms with Gasteiger partial charge >= 0.3 is 0 Å². The zero-order valence-corrected chi connectivity index (χ0v) is 8.90. The number of hydrogen-bond donors (Lipinski definition) is 0. The van der Waals surface area contributed by atoms with Gasteiger partial charge in [-0.2, -0.15) is 0 Å². The highest BCUT2D eigenvalue weighted by Gasteiger charge is 2.27. The Balaban J connectivity index is 4.15. The predicted molar refractivity (Wildman–Crippen MR) is 52.9 cm³/mol. The van der Waals surface area contributed by atoms with Crippen molar-refractivity contribution in [2.75, 3.05) is 7.11 Å². The SMILES string of the molecule is C#CCC(C)(C)CC(C)(C)OC. The van der Waals surface area contributed by atoms with Crippen molar-refractivity contribution in [3.8, 4) is 12.3 Å². The molecule has 0 amide bonds. The smallest absolute Gasteiger partial charge is 0.0628 e. The number of terminal acetylenes is 1. The fourth-order valence-electron chi connectivity index (χ4n) is 1.56. The van der Waals surface area contributed by atoms with E-state index in [1.165, 1.54) is 0 Å². The van der Waals surface area contributed by atoms with Gasteiger partial charge in [0, 0.05) is 13.5 Å². The lowest BCUT2D eigenvalue weighted by atomic mass is 9.79. The first-order valence-electron chi connectivity index (χ1n) is 4.32. The Bertz CT molecular complexity index is 172. The minimum Gasteiger partial charge on any atom is -0.379 e. The third-order valence-electron chi connectivity index (χ3n) is 2.04. The summed E-state index contributed by atoms with van der Waals surface area (Å²) in [7, 11) is 1.74. The molecule has 0 aliphatic carbocycles. The molecule has 0 bridgehead atoms. The summed E-state index contributed by atoms with van der Waals surface area (Å²) in [5.41, 5.74) is 0.106. The minimum atomic E-state index is -0.0691. The zero-order chi connectivity index (χ0) is 9.83. The molecule has 0 rings (SSSR count). The topological polar surface area (TPSA) is 9.23 Å². The first-order chi connectivity index (χ1) is 5.33. The van der Waals surface area contributed by atoms with Gasteiger partial charge in [-0.05, 0) is 25.7 Å². The normalized spacial score (nSPS) is 12.7. The predicted octanol–water partition coefficient (Wildman–Crippen LogP) is 2.85. The van der Waals surface area contributed by atoms with Crippen LogP contribution in [-0.4, -0.2) is 12.7 Å². The summed E-state index contributed by atoms with van der Waals surface area (Å²) in [6.45, 7) is 8.53. The molecule has 1 heteroatoms. The minimum absolute atomic E-state index is 0.0691. The third-order valence-corrected chi connectivity index (χ3v) is 2.04. The van der Waals surface area contributed by atoms with E-state index >= 15 is 0 Å². The summed E-state index contributed by atoms with van der Waals surface area (Å²) in [5.74, 6) is 2.70. The lowest BCUT2D eigenvalue weighted by molar-refractivity contribution is -0.0119. The van der Waals surface area contributed by atoms with E-state index in [2.05, 4.69) is 33.6 Å². The molecular weight excluding hydrogens is 148 g/mol. The average Bonchev–Trinajstić information content (AvgIpc) is 1.85. The van der Waals surface area contributed by atoms with Gasteiger partial charge in [-0.25, -0.2) is 0 Å². The van der Waals surface area contributed by atoms with Gasteiger partial charge in [0.2, 0.25) is 0 Å².